The zero-order valence-electron chi connectivity index (χ0n) is 14.7. The fraction of sp³-hybridized carbons (Fsp3) is 0.688. The van der Waals surface area contributed by atoms with Crippen LogP contribution in [0.3, 0.4) is 0 Å². The van der Waals surface area contributed by atoms with Gasteiger partial charge in [-0.3, -0.25) is 9.48 Å². The third-order valence-corrected chi connectivity index (χ3v) is 5.62. The molecular weight excluding hydrogens is 320 g/mol. The van der Waals surface area contributed by atoms with E-state index in [0.717, 1.165) is 38.0 Å². The lowest BCUT2D eigenvalue weighted by Gasteiger charge is -2.37. The number of fused-ring (bicyclic) bond motifs is 1. The fourth-order valence-corrected chi connectivity index (χ4v) is 4.20. The number of carbonyl (C=O) groups excluding carboxylic acids is 1. The minimum absolute atomic E-state index is 0.117. The van der Waals surface area contributed by atoms with Crippen molar-refractivity contribution < 1.29 is 4.79 Å². The summed E-state index contributed by atoms with van der Waals surface area (Å²) in [4.78, 5) is 17.6. The number of amides is 1. The first-order valence-electron chi connectivity index (χ1n) is 8.91. The van der Waals surface area contributed by atoms with Gasteiger partial charge in [0.1, 0.15) is 0 Å². The topological polar surface area (TPSA) is 95.8 Å². The minimum atomic E-state index is 0.117. The predicted molar refractivity (Wildman–Crippen MR) is 89.9 cm³/mol. The molecule has 0 aromatic carbocycles. The number of rotatable bonds is 4. The maximum absolute atomic E-state index is 13.1. The molecule has 9 heteroatoms. The summed E-state index contributed by atoms with van der Waals surface area (Å²) < 4.78 is 1.85. The molecule has 2 aromatic rings. The summed E-state index contributed by atoms with van der Waals surface area (Å²) in [6, 6.07) is 0.847. The van der Waals surface area contributed by atoms with Gasteiger partial charge in [0.15, 0.2) is 5.82 Å². The van der Waals surface area contributed by atoms with Crippen molar-refractivity contribution in [3.05, 3.63) is 23.3 Å². The van der Waals surface area contributed by atoms with Gasteiger partial charge in [0.05, 0.1) is 11.8 Å². The van der Waals surface area contributed by atoms with Crippen LogP contribution in [0.25, 0.3) is 0 Å². The molecule has 2 atom stereocenters. The Kier molecular flexibility index (Phi) is 4.24. The molecule has 0 saturated carbocycles. The van der Waals surface area contributed by atoms with E-state index in [4.69, 9.17) is 0 Å². The SMILES string of the molecule is Cc1c(C(=O)N2CCC3C2CCCN3C)cnn1CCc1nn[nH]n1. The van der Waals surface area contributed by atoms with Crippen LogP contribution >= 0.6 is 0 Å². The standard InChI is InChI=1S/C16H24N8O/c1-11-12(10-17-24(11)9-6-15-18-20-21-19-15)16(25)23-8-5-13-14(23)4-3-7-22(13)2/h10,13-14H,3-9H2,1-2H3,(H,18,19,20,21). The third kappa shape index (κ3) is 2.92. The van der Waals surface area contributed by atoms with Crippen molar-refractivity contribution in [2.24, 2.45) is 0 Å². The Hall–Kier alpha value is -2.29. The van der Waals surface area contributed by atoms with Gasteiger partial charge in [-0.05, 0) is 39.8 Å². The van der Waals surface area contributed by atoms with Crippen LogP contribution in [-0.2, 0) is 13.0 Å². The number of aromatic nitrogens is 6. The molecular formula is C16H24N8O. The number of aryl methyl sites for hydroxylation is 2. The number of nitrogens with zero attached hydrogens (tertiary/aromatic N) is 7. The van der Waals surface area contributed by atoms with Gasteiger partial charge < -0.3 is 9.80 Å². The van der Waals surface area contributed by atoms with Crippen molar-refractivity contribution in [3.8, 4) is 0 Å². The van der Waals surface area contributed by atoms with Gasteiger partial charge in [-0.15, -0.1) is 10.2 Å². The Balaban J connectivity index is 1.47. The van der Waals surface area contributed by atoms with Gasteiger partial charge in [0.25, 0.3) is 5.91 Å². The van der Waals surface area contributed by atoms with E-state index in [1.165, 1.54) is 0 Å². The molecule has 2 saturated heterocycles. The summed E-state index contributed by atoms with van der Waals surface area (Å²) >= 11 is 0. The maximum Gasteiger partial charge on any atom is 0.257 e. The highest BCUT2D eigenvalue weighted by Crippen LogP contribution is 2.31. The summed E-state index contributed by atoms with van der Waals surface area (Å²) in [6.45, 7) is 4.56. The quantitative estimate of drug-likeness (QED) is 0.854. The van der Waals surface area contributed by atoms with Crippen molar-refractivity contribution >= 4 is 5.91 Å². The van der Waals surface area contributed by atoms with Gasteiger partial charge in [-0.1, -0.05) is 5.21 Å². The molecule has 2 fully saturated rings. The molecule has 0 radical (unpaired) electrons. The van der Waals surface area contributed by atoms with E-state index in [0.29, 0.717) is 36.4 Å². The smallest absolute Gasteiger partial charge is 0.257 e. The molecule has 2 aromatic heterocycles. The van der Waals surface area contributed by atoms with E-state index in [2.05, 4.69) is 42.6 Å². The zero-order chi connectivity index (χ0) is 17.4. The van der Waals surface area contributed by atoms with E-state index >= 15 is 0 Å². The Morgan fingerprint density at radius 1 is 1.32 bits per heavy atom. The average molecular weight is 344 g/mol. The molecule has 4 heterocycles. The van der Waals surface area contributed by atoms with E-state index in [1.807, 2.05) is 11.6 Å². The summed E-state index contributed by atoms with van der Waals surface area (Å²) in [5.41, 5.74) is 1.61. The lowest BCUT2D eigenvalue weighted by Crippen LogP contribution is -2.49. The molecule has 0 aliphatic carbocycles. The van der Waals surface area contributed by atoms with Crippen molar-refractivity contribution in [3.63, 3.8) is 0 Å². The summed E-state index contributed by atoms with van der Waals surface area (Å²) in [6.07, 6.45) is 5.66. The van der Waals surface area contributed by atoms with Gasteiger partial charge >= 0.3 is 0 Å². The molecule has 0 spiro atoms. The first-order valence-corrected chi connectivity index (χ1v) is 8.91. The molecule has 1 amide bonds. The number of likely N-dealkylation sites (tertiary alicyclic amines) is 2. The second-order valence-electron chi connectivity index (χ2n) is 6.99. The first kappa shape index (κ1) is 16.2. The summed E-state index contributed by atoms with van der Waals surface area (Å²) in [5, 5.41) is 18.3. The Morgan fingerprint density at radius 3 is 3.00 bits per heavy atom. The highest BCUT2D eigenvalue weighted by Gasteiger charge is 2.41. The minimum Gasteiger partial charge on any atom is -0.334 e. The summed E-state index contributed by atoms with van der Waals surface area (Å²) in [7, 11) is 2.17. The number of likely N-dealkylation sites (N-methyl/N-ethyl adjacent to an activating group) is 1. The molecule has 134 valence electrons. The van der Waals surface area contributed by atoms with Crippen molar-refractivity contribution in [1.29, 1.82) is 0 Å². The van der Waals surface area contributed by atoms with Crippen LogP contribution in [0, 0.1) is 6.92 Å². The lowest BCUT2D eigenvalue weighted by atomic mass is 9.97. The molecule has 0 bridgehead atoms. The Labute approximate surface area is 146 Å². The van der Waals surface area contributed by atoms with E-state index in [1.54, 1.807) is 6.20 Å². The third-order valence-electron chi connectivity index (χ3n) is 5.62. The number of aromatic amines is 1. The predicted octanol–water partition coefficient (Wildman–Crippen LogP) is 0.256. The number of hydrogen-bond acceptors (Lipinski definition) is 6. The van der Waals surface area contributed by atoms with Gasteiger partial charge in [-0.25, -0.2) is 0 Å². The maximum atomic E-state index is 13.1. The number of H-pyrrole nitrogens is 1. The fourth-order valence-electron chi connectivity index (χ4n) is 4.20. The van der Waals surface area contributed by atoms with Gasteiger partial charge in [0.2, 0.25) is 0 Å². The largest absolute Gasteiger partial charge is 0.334 e. The molecule has 2 aliphatic heterocycles. The van der Waals surface area contributed by atoms with Crippen LogP contribution in [0.1, 0.15) is 41.1 Å². The van der Waals surface area contributed by atoms with Crippen molar-refractivity contribution in [2.75, 3.05) is 20.1 Å². The second-order valence-corrected chi connectivity index (χ2v) is 6.99. The van der Waals surface area contributed by atoms with Crippen LogP contribution in [0.2, 0.25) is 0 Å². The Bertz CT molecular complexity index is 739. The van der Waals surface area contributed by atoms with Gasteiger partial charge in [-0.2, -0.15) is 10.3 Å². The highest BCUT2D eigenvalue weighted by molar-refractivity contribution is 5.95. The Morgan fingerprint density at radius 2 is 2.20 bits per heavy atom. The normalized spacial score (nSPS) is 23.8. The molecule has 4 rings (SSSR count). The molecule has 1 N–H and O–H groups in total. The lowest BCUT2D eigenvalue weighted by molar-refractivity contribution is 0.0630. The number of piperidine rings is 1. The van der Waals surface area contributed by atoms with Crippen LogP contribution in [0.15, 0.2) is 6.20 Å². The number of tetrazole rings is 1. The van der Waals surface area contributed by atoms with Gasteiger partial charge in [0, 0.05) is 37.3 Å². The monoisotopic (exact) mass is 344 g/mol. The van der Waals surface area contributed by atoms with Crippen LogP contribution in [-0.4, -0.2) is 78.3 Å². The molecule has 2 aliphatic rings. The van der Waals surface area contributed by atoms with E-state index < -0.39 is 0 Å². The number of nitrogens with one attached hydrogen (secondary N) is 1. The first-order chi connectivity index (χ1) is 12.1. The molecule has 2 unspecified atom stereocenters. The van der Waals surface area contributed by atoms with Crippen molar-refractivity contribution in [1.82, 2.24) is 40.2 Å². The number of carbonyl (C=O) groups is 1. The second kappa shape index (κ2) is 6.55. The van der Waals surface area contributed by atoms with Crippen LogP contribution in [0.4, 0.5) is 0 Å². The molecule has 25 heavy (non-hydrogen) atoms. The molecule has 9 nitrogen and oxygen atoms in total. The van der Waals surface area contributed by atoms with Crippen molar-refractivity contribution in [2.45, 2.75) is 51.2 Å². The van der Waals surface area contributed by atoms with E-state index in [9.17, 15) is 4.79 Å². The average Bonchev–Trinajstić information content (AvgIpc) is 3.33. The van der Waals surface area contributed by atoms with E-state index in [-0.39, 0.29) is 5.91 Å². The summed E-state index contributed by atoms with van der Waals surface area (Å²) in [5.74, 6) is 0.765. The number of hydrogen-bond donors (Lipinski definition) is 1. The highest BCUT2D eigenvalue weighted by atomic mass is 16.2. The van der Waals surface area contributed by atoms with Crippen LogP contribution < -0.4 is 0 Å². The zero-order valence-corrected chi connectivity index (χ0v) is 14.7. The van der Waals surface area contributed by atoms with Crippen LogP contribution in [0.5, 0.6) is 0 Å².